The number of ether oxygens (including phenoxy) is 1. The monoisotopic (exact) mass is 244 g/mol. The molecule has 0 saturated heterocycles. The van der Waals surface area contributed by atoms with Crippen molar-refractivity contribution in [2.45, 2.75) is 13.3 Å². The summed E-state index contributed by atoms with van der Waals surface area (Å²) in [6.07, 6.45) is 0.772. The number of anilines is 1. The lowest BCUT2D eigenvalue weighted by atomic mass is 10.1. The molecule has 0 spiro atoms. The van der Waals surface area contributed by atoms with E-state index in [0.717, 1.165) is 12.0 Å². The summed E-state index contributed by atoms with van der Waals surface area (Å²) in [7, 11) is 1.59. The van der Waals surface area contributed by atoms with Gasteiger partial charge in [0, 0.05) is 13.5 Å². The highest BCUT2D eigenvalue weighted by atomic mass is 35.5. The minimum atomic E-state index is -0.0171. The SMILES string of the molecule is COc1ccc(CCNC(C)=O)cc1N.Cl. The number of halogens is 1. The average Bonchev–Trinajstić information content (AvgIpc) is 2.17. The van der Waals surface area contributed by atoms with Crippen LogP contribution in [0.15, 0.2) is 18.2 Å². The smallest absolute Gasteiger partial charge is 0.216 e. The number of nitrogens with one attached hydrogen (secondary N) is 1. The average molecular weight is 245 g/mol. The summed E-state index contributed by atoms with van der Waals surface area (Å²) in [5, 5.41) is 2.73. The standard InChI is InChI=1S/C11H16N2O2.ClH/c1-8(14)13-6-5-9-3-4-11(15-2)10(12)7-9;/h3-4,7H,5-6,12H2,1-2H3,(H,13,14);1H. The zero-order valence-corrected chi connectivity index (χ0v) is 10.3. The van der Waals surface area contributed by atoms with Crippen LogP contribution >= 0.6 is 12.4 Å². The first-order valence-corrected chi connectivity index (χ1v) is 4.80. The molecule has 0 aliphatic carbocycles. The fraction of sp³-hybridized carbons (Fsp3) is 0.364. The molecular weight excluding hydrogens is 228 g/mol. The lowest BCUT2D eigenvalue weighted by molar-refractivity contribution is -0.118. The molecule has 0 aliphatic rings. The van der Waals surface area contributed by atoms with Crippen molar-refractivity contribution in [3.05, 3.63) is 23.8 Å². The van der Waals surface area contributed by atoms with E-state index < -0.39 is 0 Å². The Bertz CT molecular complexity index is 356. The number of hydrogen-bond donors (Lipinski definition) is 2. The van der Waals surface area contributed by atoms with Crippen molar-refractivity contribution in [1.29, 1.82) is 0 Å². The normalized spacial score (nSPS) is 9.12. The molecular formula is C11H17ClN2O2. The van der Waals surface area contributed by atoms with Crippen molar-refractivity contribution in [2.24, 2.45) is 0 Å². The molecule has 0 bridgehead atoms. The molecule has 1 amide bonds. The quantitative estimate of drug-likeness (QED) is 0.787. The molecule has 1 aromatic rings. The van der Waals surface area contributed by atoms with Crippen molar-refractivity contribution >= 4 is 24.0 Å². The van der Waals surface area contributed by atoms with E-state index in [2.05, 4.69) is 5.32 Å². The van der Waals surface area contributed by atoms with Crippen LogP contribution in [0.2, 0.25) is 0 Å². The highest BCUT2D eigenvalue weighted by molar-refractivity contribution is 5.85. The van der Waals surface area contributed by atoms with E-state index in [1.54, 1.807) is 7.11 Å². The summed E-state index contributed by atoms with van der Waals surface area (Å²) in [6, 6.07) is 5.64. The zero-order valence-electron chi connectivity index (χ0n) is 9.45. The second kappa shape index (κ2) is 6.95. The number of nitrogen functional groups attached to an aromatic ring is 1. The highest BCUT2D eigenvalue weighted by Gasteiger charge is 2.00. The summed E-state index contributed by atoms with van der Waals surface area (Å²) < 4.78 is 5.05. The third-order valence-electron chi connectivity index (χ3n) is 2.08. The molecule has 0 radical (unpaired) electrons. The summed E-state index contributed by atoms with van der Waals surface area (Å²) in [5.41, 5.74) is 7.46. The van der Waals surface area contributed by atoms with Crippen molar-refractivity contribution in [1.82, 2.24) is 5.32 Å². The maximum Gasteiger partial charge on any atom is 0.216 e. The lowest BCUT2D eigenvalue weighted by Gasteiger charge is -2.07. The van der Waals surface area contributed by atoms with Gasteiger partial charge in [-0.25, -0.2) is 0 Å². The van der Waals surface area contributed by atoms with Gasteiger partial charge in [0.25, 0.3) is 0 Å². The van der Waals surface area contributed by atoms with Crippen LogP contribution < -0.4 is 15.8 Å². The van der Waals surface area contributed by atoms with Crippen LogP contribution in [0.4, 0.5) is 5.69 Å². The number of hydrogen-bond acceptors (Lipinski definition) is 3. The fourth-order valence-electron chi connectivity index (χ4n) is 1.32. The summed E-state index contributed by atoms with van der Waals surface area (Å²) >= 11 is 0. The van der Waals surface area contributed by atoms with Gasteiger partial charge in [-0.15, -0.1) is 12.4 Å². The molecule has 0 saturated carbocycles. The van der Waals surface area contributed by atoms with Crippen LogP contribution in [0.5, 0.6) is 5.75 Å². The number of nitrogens with two attached hydrogens (primary N) is 1. The van der Waals surface area contributed by atoms with Crippen LogP contribution in [0.1, 0.15) is 12.5 Å². The van der Waals surface area contributed by atoms with Gasteiger partial charge in [-0.1, -0.05) is 6.07 Å². The molecule has 0 fully saturated rings. The summed E-state index contributed by atoms with van der Waals surface area (Å²) in [6.45, 7) is 2.13. The van der Waals surface area contributed by atoms with Gasteiger partial charge in [0.1, 0.15) is 5.75 Å². The Morgan fingerprint density at radius 2 is 2.19 bits per heavy atom. The molecule has 0 aliphatic heterocycles. The van der Waals surface area contributed by atoms with Gasteiger partial charge in [0.15, 0.2) is 0 Å². The van der Waals surface area contributed by atoms with Crippen LogP contribution in [-0.4, -0.2) is 19.6 Å². The highest BCUT2D eigenvalue weighted by Crippen LogP contribution is 2.21. The van der Waals surface area contributed by atoms with E-state index >= 15 is 0 Å². The number of methoxy groups -OCH3 is 1. The Balaban J connectivity index is 0.00000225. The van der Waals surface area contributed by atoms with E-state index in [1.165, 1.54) is 6.92 Å². The van der Waals surface area contributed by atoms with Crippen LogP contribution in [0, 0.1) is 0 Å². The number of carbonyl (C=O) groups is 1. The van der Waals surface area contributed by atoms with E-state index in [0.29, 0.717) is 18.0 Å². The number of benzene rings is 1. The molecule has 4 nitrogen and oxygen atoms in total. The van der Waals surface area contributed by atoms with Gasteiger partial charge < -0.3 is 15.8 Å². The predicted octanol–water partition coefficient (Wildman–Crippen LogP) is 1.38. The van der Waals surface area contributed by atoms with Crippen molar-refractivity contribution in [3.63, 3.8) is 0 Å². The molecule has 1 aromatic carbocycles. The maximum absolute atomic E-state index is 10.6. The first-order chi connectivity index (χ1) is 7.13. The van der Waals surface area contributed by atoms with Gasteiger partial charge in [-0.3, -0.25) is 4.79 Å². The van der Waals surface area contributed by atoms with Crippen LogP contribution in [0.25, 0.3) is 0 Å². The van der Waals surface area contributed by atoms with E-state index in [-0.39, 0.29) is 18.3 Å². The Kier molecular flexibility index (Phi) is 6.34. The topological polar surface area (TPSA) is 64.3 Å². The Hall–Kier alpha value is -1.42. The van der Waals surface area contributed by atoms with Crippen molar-refractivity contribution in [3.8, 4) is 5.75 Å². The first kappa shape index (κ1) is 14.6. The number of carbonyl (C=O) groups excluding carboxylic acids is 1. The number of amides is 1. The molecule has 16 heavy (non-hydrogen) atoms. The fourth-order valence-corrected chi connectivity index (χ4v) is 1.32. The van der Waals surface area contributed by atoms with Gasteiger partial charge in [0.2, 0.25) is 5.91 Å². The second-order valence-electron chi connectivity index (χ2n) is 3.31. The number of rotatable bonds is 4. The van der Waals surface area contributed by atoms with E-state index in [1.807, 2.05) is 18.2 Å². The van der Waals surface area contributed by atoms with E-state index in [4.69, 9.17) is 10.5 Å². The Morgan fingerprint density at radius 3 is 2.69 bits per heavy atom. The molecule has 1 rings (SSSR count). The summed E-state index contributed by atoms with van der Waals surface area (Å²) in [4.78, 5) is 10.6. The largest absolute Gasteiger partial charge is 0.495 e. The molecule has 0 heterocycles. The predicted molar refractivity (Wildman–Crippen MR) is 67.0 cm³/mol. The lowest BCUT2D eigenvalue weighted by Crippen LogP contribution is -2.22. The molecule has 5 heteroatoms. The van der Waals surface area contributed by atoms with Crippen LogP contribution in [-0.2, 0) is 11.2 Å². The van der Waals surface area contributed by atoms with Gasteiger partial charge in [-0.2, -0.15) is 0 Å². The summed E-state index contributed by atoms with van der Waals surface area (Å²) in [5.74, 6) is 0.662. The molecule has 3 N–H and O–H groups in total. The Labute approximate surface area is 102 Å². The molecule has 0 aromatic heterocycles. The third-order valence-corrected chi connectivity index (χ3v) is 2.08. The molecule has 0 unspecified atom stereocenters. The van der Waals surface area contributed by atoms with Crippen molar-refractivity contribution in [2.75, 3.05) is 19.4 Å². The van der Waals surface area contributed by atoms with Crippen molar-refractivity contribution < 1.29 is 9.53 Å². The van der Waals surface area contributed by atoms with Gasteiger partial charge >= 0.3 is 0 Å². The third kappa shape index (κ3) is 4.40. The van der Waals surface area contributed by atoms with Crippen LogP contribution in [0.3, 0.4) is 0 Å². The molecule has 90 valence electrons. The second-order valence-corrected chi connectivity index (χ2v) is 3.31. The van der Waals surface area contributed by atoms with E-state index in [9.17, 15) is 4.79 Å². The minimum Gasteiger partial charge on any atom is -0.495 e. The minimum absolute atomic E-state index is 0. The van der Waals surface area contributed by atoms with Gasteiger partial charge in [0.05, 0.1) is 12.8 Å². The van der Waals surface area contributed by atoms with Gasteiger partial charge in [-0.05, 0) is 24.1 Å². The zero-order chi connectivity index (χ0) is 11.3. The maximum atomic E-state index is 10.6. The molecule has 0 atom stereocenters. The first-order valence-electron chi connectivity index (χ1n) is 4.80. The Morgan fingerprint density at radius 1 is 1.50 bits per heavy atom.